The number of aromatic nitrogens is 4. The summed E-state index contributed by atoms with van der Waals surface area (Å²) < 4.78 is 20.3. The lowest BCUT2D eigenvalue weighted by Crippen LogP contribution is -2.23. The van der Waals surface area contributed by atoms with E-state index in [0.717, 1.165) is 21.0 Å². The third kappa shape index (κ3) is 3.24. The molecule has 0 aliphatic carbocycles. The summed E-state index contributed by atoms with van der Waals surface area (Å²) in [5.41, 5.74) is 0. The quantitative estimate of drug-likeness (QED) is 0.472. The number of halogens is 1. The van der Waals surface area contributed by atoms with Gasteiger partial charge in [-0.2, -0.15) is 9.61 Å². The normalized spacial score (nSPS) is 15.8. The fraction of sp³-hybridized carbons (Fsp3) is 0.167. The molecule has 0 bridgehead atoms. The number of fused-ring (bicyclic) bond motifs is 2. The standard InChI is InChI=1S/C18H13BrN4O3S/c19-11-5-7-12(8-6-11)24-10-16-22-23-17(20-21-18(23)27-16)15-9-25-13-3-1-2-4-14(13)26-15/h1-8,15H,9-10H2. The van der Waals surface area contributed by atoms with Gasteiger partial charge in [-0.1, -0.05) is 39.4 Å². The van der Waals surface area contributed by atoms with E-state index in [1.165, 1.54) is 11.3 Å². The summed E-state index contributed by atoms with van der Waals surface area (Å²) in [6.07, 6.45) is -0.364. The van der Waals surface area contributed by atoms with Crippen molar-refractivity contribution in [2.75, 3.05) is 6.61 Å². The smallest absolute Gasteiger partial charge is 0.234 e. The van der Waals surface area contributed by atoms with Gasteiger partial charge >= 0.3 is 0 Å². The highest BCUT2D eigenvalue weighted by atomic mass is 79.9. The molecule has 1 unspecified atom stereocenters. The van der Waals surface area contributed by atoms with Gasteiger partial charge in [-0.15, -0.1) is 10.2 Å². The van der Waals surface area contributed by atoms with Gasteiger partial charge in [0.2, 0.25) is 4.96 Å². The highest BCUT2D eigenvalue weighted by Crippen LogP contribution is 2.35. The van der Waals surface area contributed by atoms with E-state index in [1.807, 2.05) is 48.5 Å². The van der Waals surface area contributed by atoms with Crippen molar-refractivity contribution in [3.63, 3.8) is 0 Å². The highest BCUT2D eigenvalue weighted by Gasteiger charge is 2.28. The number of benzene rings is 2. The summed E-state index contributed by atoms with van der Waals surface area (Å²) in [4.78, 5) is 0.696. The molecule has 1 aliphatic rings. The number of hydrogen-bond donors (Lipinski definition) is 0. The second kappa shape index (κ2) is 6.82. The van der Waals surface area contributed by atoms with Crippen molar-refractivity contribution >= 4 is 32.2 Å². The Morgan fingerprint density at radius 2 is 1.93 bits per heavy atom. The van der Waals surface area contributed by atoms with Gasteiger partial charge in [-0.25, -0.2) is 0 Å². The summed E-state index contributed by atoms with van der Waals surface area (Å²) in [6.45, 7) is 0.722. The molecule has 0 N–H and O–H groups in total. The van der Waals surface area contributed by atoms with Crippen LogP contribution in [0.25, 0.3) is 4.96 Å². The Kier molecular flexibility index (Phi) is 4.17. The van der Waals surface area contributed by atoms with Crippen molar-refractivity contribution in [2.24, 2.45) is 0 Å². The molecule has 2 aromatic heterocycles. The molecular weight excluding hydrogens is 432 g/mol. The van der Waals surface area contributed by atoms with Crippen molar-refractivity contribution in [3.8, 4) is 17.2 Å². The third-order valence-corrected chi connectivity index (χ3v) is 5.43. The second-order valence-electron chi connectivity index (χ2n) is 5.86. The van der Waals surface area contributed by atoms with Crippen LogP contribution in [0.4, 0.5) is 0 Å². The van der Waals surface area contributed by atoms with Crippen LogP contribution in [-0.2, 0) is 6.61 Å². The Hall–Kier alpha value is -2.65. The van der Waals surface area contributed by atoms with E-state index in [2.05, 4.69) is 31.2 Å². The first-order valence-corrected chi connectivity index (χ1v) is 9.85. The van der Waals surface area contributed by atoms with Crippen molar-refractivity contribution in [1.29, 1.82) is 0 Å². The molecule has 9 heteroatoms. The third-order valence-electron chi connectivity index (χ3n) is 4.03. The Morgan fingerprint density at radius 3 is 2.78 bits per heavy atom. The number of ether oxygens (including phenoxy) is 3. The highest BCUT2D eigenvalue weighted by molar-refractivity contribution is 9.10. The molecule has 0 radical (unpaired) electrons. The molecule has 7 nitrogen and oxygen atoms in total. The molecule has 0 saturated carbocycles. The largest absolute Gasteiger partial charge is 0.486 e. The average Bonchev–Trinajstić information content (AvgIpc) is 3.27. The zero-order valence-corrected chi connectivity index (χ0v) is 16.3. The van der Waals surface area contributed by atoms with Crippen molar-refractivity contribution < 1.29 is 14.2 Å². The first-order chi connectivity index (χ1) is 13.3. The molecule has 0 fully saturated rings. The van der Waals surface area contributed by atoms with Crippen molar-refractivity contribution in [1.82, 2.24) is 19.8 Å². The molecule has 1 atom stereocenters. The Bertz CT molecular complexity index is 1100. The molecule has 5 rings (SSSR count). The minimum absolute atomic E-state index is 0.361. The maximum absolute atomic E-state index is 6.01. The van der Waals surface area contributed by atoms with E-state index >= 15 is 0 Å². The van der Waals surface area contributed by atoms with Gasteiger partial charge in [0.15, 0.2) is 28.4 Å². The van der Waals surface area contributed by atoms with E-state index in [4.69, 9.17) is 14.2 Å². The van der Waals surface area contributed by atoms with Crippen LogP contribution in [0.3, 0.4) is 0 Å². The number of para-hydroxylation sites is 2. The lowest BCUT2D eigenvalue weighted by Gasteiger charge is -2.24. The molecule has 0 spiro atoms. The topological polar surface area (TPSA) is 70.8 Å². The lowest BCUT2D eigenvalue weighted by atomic mass is 10.2. The van der Waals surface area contributed by atoms with Crippen LogP contribution in [0, 0.1) is 0 Å². The van der Waals surface area contributed by atoms with Gasteiger partial charge in [0, 0.05) is 4.47 Å². The van der Waals surface area contributed by atoms with Crippen LogP contribution < -0.4 is 14.2 Å². The van der Waals surface area contributed by atoms with E-state index in [9.17, 15) is 0 Å². The summed E-state index contributed by atoms with van der Waals surface area (Å²) >= 11 is 4.85. The van der Waals surface area contributed by atoms with Crippen LogP contribution in [0.1, 0.15) is 16.9 Å². The van der Waals surface area contributed by atoms with Gasteiger partial charge < -0.3 is 14.2 Å². The molecule has 136 valence electrons. The monoisotopic (exact) mass is 444 g/mol. The minimum Gasteiger partial charge on any atom is -0.486 e. The molecule has 4 aromatic rings. The fourth-order valence-electron chi connectivity index (χ4n) is 2.75. The zero-order chi connectivity index (χ0) is 18.2. The van der Waals surface area contributed by atoms with Gasteiger partial charge in [0.25, 0.3) is 0 Å². The predicted octanol–water partition coefficient (Wildman–Crippen LogP) is 4.04. The SMILES string of the molecule is Brc1ccc(OCc2nn3c(C4COc5ccccc5O4)nnc3s2)cc1. The minimum atomic E-state index is -0.364. The van der Waals surface area contributed by atoms with E-state index < -0.39 is 0 Å². The van der Waals surface area contributed by atoms with Crippen LogP contribution in [0.15, 0.2) is 53.0 Å². The molecule has 0 amide bonds. The van der Waals surface area contributed by atoms with Crippen LogP contribution in [0.2, 0.25) is 0 Å². The van der Waals surface area contributed by atoms with E-state index in [-0.39, 0.29) is 6.10 Å². The van der Waals surface area contributed by atoms with Crippen LogP contribution >= 0.6 is 27.3 Å². The molecule has 27 heavy (non-hydrogen) atoms. The summed E-state index contributed by atoms with van der Waals surface area (Å²) in [5, 5.41) is 13.8. The first-order valence-electron chi connectivity index (χ1n) is 8.24. The number of hydrogen-bond acceptors (Lipinski definition) is 7. The van der Waals surface area contributed by atoms with Gasteiger partial charge in [0.1, 0.15) is 19.0 Å². The summed E-state index contributed by atoms with van der Waals surface area (Å²) in [7, 11) is 0. The molecule has 0 saturated heterocycles. The van der Waals surface area contributed by atoms with E-state index in [1.54, 1.807) is 4.52 Å². The maximum atomic E-state index is 6.01. The molecular formula is C18H13BrN4O3S. The average molecular weight is 445 g/mol. The van der Waals surface area contributed by atoms with Gasteiger partial charge in [0.05, 0.1) is 0 Å². The number of nitrogens with zero attached hydrogens (tertiary/aromatic N) is 4. The predicted molar refractivity (Wildman–Crippen MR) is 102 cm³/mol. The second-order valence-corrected chi connectivity index (χ2v) is 7.81. The lowest BCUT2D eigenvalue weighted by molar-refractivity contribution is 0.0835. The fourth-order valence-corrected chi connectivity index (χ4v) is 3.77. The van der Waals surface area contributed by atoms with Crippen LogP contribution in [-0.4, -0.2) is 26.4 Å². The Morgan fingerprint density at radius 1 is 1.11 bits per heavy atom. The summed E-state index contributed by atoms with van der Waals surface area (Å²) in [6, 6.07) is 15.2. The van der Waals surface area contributed by atoms with Crippen molar-refractivity contribution in [2.45, 2.75) is 12.7 Å². The molecule has 3 heterocycles. The first kappa shape index (κ1) is 16.5. The van der Waals surface area contributed by atoms with E-state index in [0.29, 0.717) is 29.7 Å². The Labute approximate surface area is 166 Å². The summed E-state index contributed by atoms with van der Waals surface area (Å²) in [5.74, 6) is 2.83. The maximum Gasteiger partial charge on any atom is 0.234 e. The Balaban J connectivity index is 1.35. The van der Waals surface area contributed by atoms with Crippen molar-refractivity contribution in [3.05, 3.63) is 63.8 Å². The van der Waals surface area contributed by atoms with Gasteiger partial charge in [-0.05, 0) is 36.4 Å². The number of rotatable bonds is 4. The molecule has 2 aromatic carbocycles. The van der Waals surface area contributed by atoms with Gasteiger partial charge in [-0.3, -0.25) is 0 Å². The van der Waals surface area contributed by atoms with Crippen LogP contribution in [0.5, 0.6) is 17.2 Å². The molecule has 1 aliphatic heterocycles. The zero-order valence-electron chi connectivity index (χ0n) is 13.9.